The summed E-state index contributed by atoms with van der Waals surface area (Å²) in [6, 6.07) is 54.0. The molecule has 0 aliphatic carbocycles. The van der Waals surface area contributed by atoms with Gasteiger partial charge >= 0.3 is 0 Å². The Morgan fingerprint density at radius 1 is 0.533 bits per heavy atom. The van der Waals surface area contributed by atoms with Crippen LogP contribution in [0.1, 0.15) is 16.7 Å². The molecule has 0 aliphatic heterocycles. The highest BCUT2D eigenvalue weighted by molar-refractivity contribution is 14.1. The second-order valence-corrected chi connectivity index (χ2v) is 11.7. The van der Waals surface area contributed by atoms with E-state index in [9.17, 15) is 0 Å². The lowest BCUT2D eigenvalue weighted by Gasteiger charge is -2.13. The van der Waals surface area contributed by atoms with Gasteiger partial charge < -0.3 is 0 Å². The molecule has 0 unspecified atom stereocenters. The summed E-state index contributed by atoms with van der Waals surface area (Å²) in [5, 5.41) is 3.46. The van der Waals surface area contributed by atoms with E-state index in [4.69, 9.17) is 15.0 Å². The zero-order valence-electron chi connectivity index (χ0n) is 24.4. The van der Waals surface area contributed by atoms with Crippen LogP contribution in [-0.4, -0.2) is 14.5 Å². The van der Waals surface area contributed by atoms with Crippen molar-refractivity contribution < 1.29 is 0 Å². The monoisotopic (exact) mass is 689 g/mol. The van der Waals surface area contributed by atoms with Gasteiger partial charge in [-0.3, -0.25) is 0 Å². The fourth-order valence-electron chi connectivity index (χ4n) is 5.46. The molecule has 0 atom stereocenters. The second-order valence-electron chi connectivity index (χ2n) is 10.7. The van der Waals surface area contributed by atoms with Crippen molar-refractivity contribution in [2.45, 2.75) is 0 Å². The molecular weight excluding hydrogens is 661 g/mol. The minimum atomic E-state index is 0.623. The third-order valence-corrected chi connectivity index (χ3v) is 8.66. The van der Waals surface area contributed by atoms with Crippen molar-refractivity contribution in [2.24, 2.45) is 9.98 Å². The Hall–Kier alpha value is -5.20. The van der Waals surface area contributed by atoms with E-state index in [1.54, 1.807) is 0 Å². The molecule has 4 heteroatoms. The molecule has 0 aliphatic rings. The van der Waals surface area contributed by atoms with Gasteiger partial charge in [0.15, 0.2) is 5.84 Å². The summed E-state index contributed by atoms with van der Waals surface area (Å²) >= 11 is 2.30. The van der Waals surface area contributed by atoms with Crippen molar-refractivity contribution in [1.29, 1.82) is 0 Å². The van der Waals surface area contributed by atoms with Gasteiger partial charge in [-0.15, -0.1) is 0 Å². The van der Waals surface area contributed by atoms with Gasteiger partial charge in [-0.2, -0.15) is 0 Å². The fraction of sp³-hybridized carbons (Fsp3) is 0. The summed E-state index contributed by atoms with van der Waals surface area (Å²) in [5.74, 6) is 0.623. The van der Waals surface area contributed by atoms with Gasteiger partial charge in [-0.25, -0.2) is 15.0 Å². The first-order chi connectivity index (χ1) is 22.1. The highest BCUT2D eigenvalue weighted by Gasteiger charge is 2.13. The number of aromatic nitrogens is 1. The molecule has 1 aromatic heterocycles. The molecule has 7 aromatic rings. The van der Waals surface area contributed by atoms with E-state index in [1.807, 2.05) is 66.7 Å². The molecule has 0 N–H and O–H groups in total. The van der Waals surface area contributed by atoms with E-state index in [0.29, 0.717) is 11.5 Å². The van der Waals surface area contributed by atoms with Crippen LogP contribution in [-0.2, 0) is 0 Å². The number of hydrogen-bond donors (Lipinski definition) is 0. The maximum absolute atomic E-state index is 5.17. The Balaban J connectivity index is 1.30. The average molecular weight is 690 g/mol. The molecule has 0 saturated carbocycles. The van der Waals surface area contributed by atoms with Gasteiger partial charge in [-0.1, -0.05) is 158 Å². The van der Waals surface area contributed by atoms with E-state index in [2.05, 4.69) is 120 Å². The van der Waals surface area contributed by atoms with Gasteiger partial charge in [0, 0.05) is 27.5 Å². The minimum absolute atomic E-state index is 0.623. The van der Waals surface area contributed by atoms with Crippen molar-refractivity contribution in [1.82, 2.24) is 4.98 Å². The lowest BCUT2D eigenvalue weighted by molar-refractivity contribution is 1.41. The van der Waals surface area contributed by atoms with Crippen LogP contribution in [0.5, 0.6) is 0 Å². The molecule has 3 nitrogen and oxygen atoms in total. The van der Waals surface area contributed by atoms with E-state index < -0.39 is 0 Å². The first-order valence-corrected chi connectivity index (χ1v) is 15.8. The summed E-state index contributed by atoms with van der Waals surface area (Å²) in [7, 11) is 0. The highest BCUT2D eigenvalue weighted by atomic mass is 127. The smallest absolute Gasteiger partial charge is 0.160 e. The quantitative estimate of drug-likeness (QED) is 0.0741. The second kappa shape index (κ2) is 12.8. The zero-order valence-corrected chi connectivity index (χ0v) is 26.6. The van der Waals surface area contributed by atoms with Crippen LogP contribution in [0.2, 0.25) is 0 Å². The van der Waals surface area contributed by atoms with Crippen molar-refractivity contribution >= 4 is 59.5 Å². The van der Waals surface area contributed by atoms with Gasteiger partial charge in [-0.05, 0) is 50.7 Å². The number of rotatable bonds is 6. The number of halogens is 1. The van der Waals surface area contributed by atoms with Crippen LogP contribution >= 0.6 is 22.6 Å². The summed E-state index contributed by atoms with van der Waals surface area (Å²) in [5.41, 5.74) is 8.91. The third-order valence-electron chi connectivity index (χ3n) is 7.79. The van der Waals surface area contributed by atoms with Gasteiger partial charge in [0.2, 0.25) is 0 Å². The molecule has 0 bridgehead atoms. The number of fused-ring (bicyclic) bond motifs is 3. The minimum Gasteiger partial charge on any atom is -0.247 e. The highest BCUT2D eigenvalue weighted by Crippen LogP contribution is 2.35. The normalized spacial score (nSPS) is 12.0. The Bertz CT molecular complexity index is 2200. The molecule has 6 aromatic carbocycles. The van der Waals surface area contributed by atoms with Gasteiger partial charge in [0.05, 0.1) is 16.9 Å². The first-order valence-electron chi connectivity index (χ1n) is 14.8. The van der Waals surface area contributed by atoms with Gasteiger partial charge in [0.1, 0.15) is 3.72 Å². The van der Waals surface area contributed by atoms with E-state index in [0.717, 1.165) is 59.1 Å². The first kappa shape index (κ1) is 28.6. The van der Waals surface area contributed by atoms with Crippen LogP contribution in [0.3, 0.4) is 0 Å². The van der Waals surface area contributed by atoms with Crippen molar-refractivity contribution in [3.63, 3.8) is 0 Å². The molecule has 0 amide bonds. The van der Waals surface area contributed by atoms with Crippen LogP contribution in [0, 0.1) is 0 Å². The Morgan fingerprint density at radius 3 is 1.87 bits per heavy atom. The number of hydrogen-bond acceptors (Lipinski definition) is 2. The standard InChI is InChI=1S/C41H28IN3/c1-28(29-13-5-2-6-14-29)43-41(34-18-9-4-10-19-34)45-40(42)33-23-21-31(22-24-33)37-27-38(32-16-7-3-8-17-32)44-39-35-20-12-11-15-30(35)25-26-36(37)39/h2-27H,1H2/b43-41-,45-40-. The molecule has 7 rings (SSSR count). The lowest BCUT2D eigenvalue weighted by Crippen LogP contribution is -2.02. The number of pyridine rings is 1. The fourth-order valence-corrected chi connectivity index (χ4v) is 6.05. The van der Waals surface area contributed by atoms with Gasteiger partial charge in [0.25, 0.3) is 0 Å². The van der Waals surface area contributed by atoms with Crippen LogP contribution in [0.15, 0.2) is 174 Å². The molecule has 45 heavy (non-hydrogen) atoms. The SMILES string of the molecule is C=C(/N=C(\N=C(/I)c1ccc(-c2cc(-c3ccccc3)nc3c2ccc2ccccc23)cc1)c1ccccc1)c1ccccc1. The molecule has 0 spiro atoms. The van der Waals surface area contributed by atoms with E-state index in [-0.39, 0.29) is 0 Å². The molecule has 0 saturated heterocycles. The van der Waals surface area contributed by atoms with Crippen molar-refractivity contribution in [3.05, 3.63) is 181 Å². The largest absolute Gasteiger partial charge is 0.247 e. The average Bonchev–Trinajstić information content (AvgIpc) is 3.12. The maximum Gasteiger partial charge on any atom is 0.160 e. The van der Waals surface area contributed by atoms with E-state index >= 15 is 0 Å². The van der Waals surface area contributed by atoms with Crippen molar-refractivity contribution in [3.8, 4) is 22.4 Å². The van der Waals surface area contributed by atoms with Crippen LogP contribution in [0.25, 0.3) is 49.8 Å². The van der Waals surface area contributed by atoms with Crippen LogP contribution in [0.4, 0.5) is 0 Å². The Kier molecular flexibility index (Phi) is 8.13. The predicted octanol–water partition coefficient (Wildman–Crippen LogP) is 11.0. The summed E-state index contributed by atoms with van der Waals surface area (Å²) in [6.07, 6.45) is 0. The summed E-state index contributed by atoms with van der Waals surface area (Å²) < 4.78 is 0.846. The number of amidine groups is 1. The van der Waals surface area contributed by atoms with E-state index in [1.165, 1.54) is 5.39 Å². The summed E-state index contributed by atoms with van der Waals surface area (Å²) in [4.78, 5) is 15.0. The predicted molar refractivity (Wildman–Crippen MR) is 199 cm³/mol. The number of benzene rings is 6. The van der Waals surface area contributed by atoms with Crippen molar-refractivity contribution in [2.75, 3.05) is 0 Å². The number of nitrogens with zero attached hydrogens (tertiary/aromatic N) is 3. The zero-order chi connectivity index (χ0) is 30.6. The molecule has 1 heterocycles. The Morgan fingerprint density at radius 2 is 1.16 bits per heavy atom. The van der Waals surface area contributed by atoms with Crippen LogP contribution < -0.4 is 0 Å². The molecule has 214 valence electrons. The topological polar surface area (TPSA) is 37.6 Å². The number of aliphatic imine (C=N–C) groups is 2. The molecular formula is C41H28IN3. The maximum atomic E-state index is 5.17. The lowest BCUT2D eigenvalue weighted by atomic mass is 9.95. The molecule has 0 fully saturated rings. The molecule has 0 radical (unpaired) electrons. The summed E-state index contributed by atoms with van der Waals surface area (Å²) in [6.45, 7) is 4.22. The Labute approximate surface area is 276 Å². The third kappa shape index (κ3) is 6.10.